The summed E-state index contributed by atoms with van der Waals surface area (Å²) in [5.41, 5.74) is 46.1. The maximum absolute atomic E-state index is 10.4. The summed E-state index contributed by atoms with van der Waals surface area (Å²) in [5, 5.41) is 53.4. The lowest BCUT2D eigenvalue weighted by molar-refractivity contribution is -0.891. The second-order valence-corrected chi connectivity index (χ2v) is 23.6. The van der Waals surface area contributed by atoms with Crippen LogP contribution in [0.5, 0.6) is 0 Å². The van der Waals surface area contributed by atoms with E-state index in [0.717, 1.165) is 166 Å². The van der Waals surface area contributed by atoms with Gasteiger partial charge in [-0.15, -0.1) is 11.3 Å². The maximum atomic E-state index is 10.4. The van der Waals surface area contributed by atoms with Crippen LogP contribution >= 0.6 is 11.3 Å². The number of morpholine rings is 2. The molecule has 2 aromatic heterocycles. The number of carbonyl (C=O) groups excluding carboxylic acids is 2. The molecule has 9 heterocycles. The Balaban J connectivity index is -0.000000221. The number of aliphatic hydroxyl groups excluding tert-OH is 4. The summed E-state index contributed by atoms with van der Waals surface area (Å²) in [6, 6.07) is 7.70. The summed E-state index contributed by atoms with van der Waals surface area (Å²) in [6.07, 6.45) is 7.02. The average molecular weight is 1370 g/mol. The Bertz CT molecular complexity index is 1580. The van der Waals surface area contributed by atoms with Crippen molar-refractivity contribution >= 4 is 34.0 Å². The van der Waals surface area contributed by atoms with E-state index >= 15 is 0 Å². The van der Waals surface area contributed by atoms with Gasteiger partial charge >= 0.3 is 0 Å². The molecule has 0 aromatic carbocycles. The molecule has 7 aliphatic heterocycles. The number of nitrogens with one attached hydrogen (secondary N) is 6. The lowest BCUT2D eigenvalue weighted by atomic mass is 10.1. The van der Waals surface area contributed by atoms with Crippen molar-refractivity contribution < 1.29 is 67.1 Å². The molecule has 9 rings (SSSR count). The first-order valence-electron chi connectivity index (χ1n) is 32.6. The van der Waals surface area contributed by atoms with Crippen LogP contribution in [0.25, 0.3) is 0 Å². The van der Waals surface area contributed by atoms with E-state index in [0.29, 0.717) is 57.1 Å². The number of amides is 2. The summed E-state index contributed by atoms with van der Waals surface area (Å²) >= 11 is 1.56. The number of hydrogen-bond donors (Lipinski definition) is 19. The highest BCUT2D eigenvalue weighted by molar-refractivity contribution is 7.13. The molecule has 0 bridgehead atoms. The van der Waals surface area contributed by atoms with Crippen LogP contribution in [0.3, 0.4) is 0 Å². The van der Waals surface area contributed by atoms with Crippen LogP contribution in [0.15, 0.2) is 40.3 Å². The Morgan fingerprint density at radius 1 is 0.710 bits per heavy atom. The third-order valence-corrected chi connectivity index (χ3v) is 12.9. The first kappa shape index (κ1) is 101. The second-order valence-electron chi connectivity index (χ2n) is 22.6. The van der Waals surface area contributed by atoms with Crippen LogP contribution in [0.1, 0.15) is 45.4 Å². The Labute approximate surface area is 565 Å². The Hall–Kier alpha value is -3.44. The van der Waals surface area contributed by atoms with Crippen molar-refractivity contribution in [2.75, 3.05) is 285 Å². The standard InChI is InChI=1S/2C7H14N2O2.C6H15N2.C5H15N2.2C5H11NO.C4H10N2.C4H5NO.C4H5NS.C3H8N2.C3H9NO.C2H7NO.C2H7N.C2H6O2.C2H6O/c2*8-7(10)1-2-9-3-5-11-6-4-9;1-8(2)5-3-7-4-6-8;1-7(2,3)5-4-6;7-5-1-3-6-4-2-5;6-4-5-2-1-3-7-5;1-2-6-4-3-5-1;2*5-4-2-1-3-6-4;4-3-1-5-2-3;1-5-3-2-4;3-1-2-4;1-3-2;1-4-2-3;1-2-3/h2*1-6H2,(H2,8,10);7H,3-6H2,1-2H3;4-6H2,1-3H3;5-7H,1-4H2;5H,1-4,6H2;5-6H,1-4H2;2*1-3H,5H2;3,5H,1-2,4H2;2-4H2,1H3;4H,1-3H2;3H,1-2H3;3H,2H2,1H3;3H,2H2,1H3/q;;2*+1;;;;;;;;;;;. The normalized spacial score (nSPS) is 17.8. The van der Waals surface area contributed by atoms with Gasteiger partial charge in [0.1, 0.15) is 6.79 Å². The molecule has 2 amide bonds. The van der Waals surface area contributed by atoms with Crippen LogP contribution in [0.2, 0.25) is 0 Å². The zero-order valence-electron chi connectivity index (χ0n) is 59.5. The number of thiophene rings is 1. The molecule has 0 spiro atoms. The number of nitrogen functional groups attached to an aromatic ring is 2. The van der Waals surface area contributed by atoms with E-state index in [1.807, 2.05) is 31.6 Å². The van der Waals surface area contributed by atoms with Gasteiger partial charge in [0, 0.05) is 170 Å². The van der Waals surface area contributed by atoms with Crippen molar-refractivity contribution in [2.24, 2.45) is 40.1 Å². The molecule has 558 valence electrons. The van der Waals surface area contributed by atoms with E-state index in [1.54, 1.807) is 37.5 Å². The predicted molar refractivity (Wildman–Crippen MR) is 382 cm³/mol. The minimum atomic E-state index is -0.225. The van der Waals surface area contributed by atoms with E-state index in [9.17, 15) is 9.59 Å². The molecule has 28 N–H and O–H groups in total. The molecule has 0 aliphatic carbocycles. The number of methoxy groups -OCH3 is 2. The zero-order valence-corrected chi connectivity index (χ0v) is 60.3. The number of quaternary nitrogens is 2. The third kappa shape index (κ3) is 95.0. The topological polar surface area (TPSA) is 487 Å². The van der Waals surface area contributed by atoms with Gasteiger partial charge in [0.2, 0.25) is 11.8 Å². The van der Waals surface area contributed by atoms with Crippen LogP contribution < -0.4 is 83.5 Å². The van der Waals surface area contributed by atoms with Gasteiger partial charge in [0.05, 0.1) is 118 Å². The smallest absolute Gasteiger partial charge is 0.218 e. The summed E-state index contributed by atoms with van der Waals surface area (Å²) in [4.78, 5) is 25.2. The highest BCUT2D eigenvalue weighted by atomic mass is 32.1. The number of furan rings is 1. The lowest BCUT2D eigenvalue weighted by Crippen LogP contribution is -2.53. The molecule has 1 unspecified atom stereocenters. The SMILES string of the molecule is C1CNCCN1.CCO.CNC.COCCN.COCO.C[N+](C)(C)CCN.C[N+]1(C)CCNCC1.NC(=O)CCN1CCOCC1.NC(=O)CCN1CCOCC1.NC1CNC1.NCC1CCCO1.NCCO.Nc1ccco1.Nc1cccs1.OC1CCNCC1. The fourth-order valence-corrected chi connectivity index (χ4v) is 7.30. The van der Waals surface area contributed by atoms with Crippen molar-refractivity contribution in [3.05, 3.63) is 35.9 Å². The third-order valence-electron chi connectivity index (χ3n) is 12.2. The van der Waals surface area contributed by atoms with Crippen molar-refractivity contribution in [1.82, 2.24) is 41.7 Å². The number of piperidine rings is 1. The van der Waals surface area contributed by atoms with Crippen molar-refractivity contribution in [3.8, 4) is 0 Å². The van der Waals surface area contributed by atoms with Gasteiger partial charge < -0.3 is 141 Å². The number of likely N-dealkylation sites (N-methyl/N-ethyl adjacent to an activating group) is 2. The molecule has 0 radical (unpaired) electrons. The number of rotatable bonds is 13. The molecule has 7 aliphatic rings. The van der Waals surface area contributed by atoms with E-state index in [1.165, 1.54) is 50.5 Å². The second kappa shape index (κ2) is 79.3. The van der Waals surface area contributed by atoms with E-state index in [2.05, 4.69) is 90.8 Å². The summed E-state index contributed by atoms with van der Waals surface area (Å²) in [6.45, 7) is 28.8. The monoisotopic (exact) mass is 1370 g/mol. The first-order chi connectivity index (χ1) is 44.4. The summed E-state index contributed by atoms with van der Waals surface area (Å²) in [7, 11) is 17.8. The number of nitrogens with zero attached hydrogens (tertiary/aromatic N) is 4. The predicted octanol–water partition coefficient (Wildman–Crippen LogP) is -4.21. The number of aliphatic hydroxyl groups is 4. The zero-order chi connectivity index (χ0) is 71.5. The molecule has 2 aromatic rings. The van der Waals surface area contributed by atoms with Gasteiger partial charge in [-0.1, -0.05) is 0 Å². The molecular formula is C61H143N19O12S+2. The Kier molecular flexibility index (Phi) is 85.7. The summed E-state index contributed by atoms with van der Waals surface area (Å²) in [5.74, 6) is 0.0167. The number of anilines is 2. The largest absolute Gasteiger partial charge is 0.449 e. The number of ether oxygens (including phenoxy) is 5. The van der Waals surface area contributed by atoms with Crippen molar-refractivity contribution in [3.63, 3.8) is 0 Å². The van der Waals surface area contributed by atoms with Crippen LogP contribution in [0.4, 0.5) is 10.9 Å². The highest BCUT2D eigenvalue weighted by Crippen LogP contribution is 2.09. The molecule has 7 fully saturated rings. The minimum absolute atomic E-state index is 0.0266. The quantitative estimate of drug-likeness (QED) is 0.0668. The average Bonchev–Trinajstić information content (AvgIpc) is 4.10. The highest BCUT2D eigenvalue weighted by Gasteiger charge is 2.17. The number of piperazine rings is 2. The van der Waals surface area contributed by atoms with Crippen LogP contribution in [-0.2, 0) is 33.3 Å². The van der Waals surface area contributed by atoms with Gasteiger partial charge in [-0.3, -0.25) is 19.4 Å². The van der Waals surface area contributed by atoms with Gasteiger partial charge in [0.25, 0.3) is 0 Å². The Morgan fingerprint density at radius 3 is 1.31 bits per heavy atom. The van der Waals surface area contributed by atoms with Crippen molar-refractivity contribution in [1.29, 1.82) is 0 Å². The molecule has 32 heteroatoms. The number of nitrogens with two attached hydrogens (primary N) is 9. The fourth-order valence-electron chi connectivity index (χ4n) is 6.83. The van der Waals surface area contributed by atoms with Gasteiger partial charge in [-0.05, 0) is 83.4 Å². The van der Waals surface area contributed by atoms with Crippen LogP contribution in [0, 0.1) is 0 Å². The first-order valence-corrected chi connectivity index (χ1v) is 33.5. The lowest BCUT2D eigenvalue weighted by Gasteiger charge is -2.33. The fraction of sp³-hybridized carbons (Fsp3) is 0.836. The van der Waals surface area contributed by atoms with Gasteiger partial charge in [0.15, 0.2) is 5.88 Å². The maximum Gasteiger partial charge on any atom is 0.218 e. The van der Waals surface area contributed by atoms with Crippen LogP contribution in [-0.4, -0.2) is 343 Å². The van der Waals surface area contributed by atoms with E-state index < -0.39 is 0 Å². The van der Waals surface area contributed by atoms with E-state index in [4.69, 9.17) is 86.2 Å². The molecule has 93 heavy (non-hydrogen) atoms. The molecule has 0 saturated carbocycles. The molecule has 31 nitrogen and oxygen atoms in total. The molecule has 7 saturated heterocycles. The van der Waals surface area contributed by atoms with Gasteiger partial charge in [-0.2, -0.15) is 0 Å². The van der Waals surface area contributed by atoms with Crippen molar-refractivity contribution in [2.45, 2.75) is 63.7 Å². The summed E-state index contributed by atoms with van der Waals surface area (Å²) < 4.78 is 30.9. The number of carbonyl (C=O) groups is 2. The van der Waals surface area contributed by atoms with E-state index in [-0.39, 0.29) is 37.9 Å². The molecule has 1 atom stereocenters. The minimum Gasteiger partial charge on any atom is -0.449 e. The number of primary amides is 2. The van der Waals surface area contributed by atoms with Gasteiger partial charge in [-0.25, -0.2) is 0 Å². The number of hydrogen-bond acceptors (Lipinski definition) is 28. The Morgan fingerprint density at radius 2 is 1.15 bits per heavy atom. The molecular weight excluding hydrogens is 1220 g/mol.